The first-order chi connectivity index (χ1) is 13.1. The van der Waals surface area contributed by atoms with E-state index in [0.29, 0.717) is 45.3 Å². The maximum Gasteiger partial charge on any atom is 0.270 e. The highest BCUT2D eigenvalue weighted by Crippen LogP contribution is 2.08. The molecule has 1 aliphatic heterocycles. The fourth-order valence-corrected chi connectivity index (χ4v) is 2.38. The summed E-state index contributed by atoms with van der Waals surface area (Å²) in [6, 6.07) is 4.24. The third-order valence-corrected chi connectivity index (χ3v) is 3.71. The number of aromatic nitrogens is 1. The number of carbonyl (C=O) groups excluding carboxylic acids is 3. The number of carbonyl (C=O) groups is 3. The van der Waals surface area contributed by atoms with Gasteiger partial charge in [-0.2, -0.15) is 0 Å². The molecule has 1 fully saturated rings. The third kappa shape index (κ3) is 7.29. The van der Waals surface area contributed by atoms with Crippen LogP contribution in [0.3, 0.4) is 0 Å². The van der Waals surface area contributed by atoms with E-state index in [0.717, 1.165) is 0 Å². The fraction of sp³-hybridized carbons (Fsp3) is 0.529. The minimum atomic E-state index is -0.733. The number of piperidine rings is 1. The summed E-state index contributed by atoms with van der Waals surface area (Å²) in [6.45, 7) is 2.94. The number of pyridine rings is 1. The van der Waals surface area contributed by atoms with Gasteiger partial charge in [-0.3, -0.25) is 19.7 Å². The Morgan fingerprint density at radius 3 is 2.74 bits per heavy atom. The Morgan fingerprint density at radius 2 is 2.00 bits per heavy atom. The van der Waals surface area contributed by atoms with Gasteiger partial charge in [-0.25, -0.2) is 4.98 Å². The van der Waals surface area contributed by atoms with Gasteiger partial charge in [0.2, 0.25) is 11.8 Å². The van der Waals surface area contributed by atoms with Crippen LogP contribution in [0.4, 0.5) is 5.82 Å². The zero-order valence-electron chi connectivity index (χ0n) is 15.0. The Hall–Kier alpha value is -2.56. The molecule has 0 bridgehead atoms. The minimum Gasteiger partial charge on any atom is -0.378 e. The summed E-state index contributed by atoms with van der Waals surface area (Å²) in [5.74, 6) is -0.778. The maximum atomic E-state index is 12.3. The number of ether oxygens (including phenoxy) is 2. The second-order valence-corrected chi connectivity index (χ2v) is 5.83. The van der Waals surface area contributed by atoms with Crippen molar-refractivity contribution in [1.29, 1.82) is 0 Å². The first kappa shape index (κ1) is 20.7. The second-order valence-electron chi connectivity index (χ2n) is 5.83. The van der Waals surface area contributed by atoms with Crippen molar-refractivity contribution in [2.75, 3.05) is 44.8 Å². The van der Waals surface area contributed by atoms with E-state index in [1.54, 1.807) is 18.2 Å². The molecule has 10 heteroatoms. The van der Waals surface area contributed by atoms with Crippen molar-refractivity contribution in [2.24, 2.45) is 5.73 Å². The smallest absolute Gasteiger partial charge is 0.270 e. The summed E-state index contributed by atoms with van der Waals surface area (Å²) in [5, 5.41) is 7.85. The van der Waals surface area contributed by atoms with Crippen LogP contribution in [0.5, 0.6) is 0 Å². The predicted octanol–water partition coefficient (Wildman–Crippen LogP) is -0.980. The van der Waals surface area contributed by atoms with Gasteiger partial charge in [-0.1, -0.05) is 6.07 Å². The van der Waals surface area contributed by atoms with Crippen molar-refractivity contribution < 1.29 is 23.9 Å². The Bertz CT molecular complexity index is 654. The summed E-state index contributed by atoms with van der Waals surface area (Å²) >= 11 is 0. The highest BCUT2D eigenvalue weighted by atomic mass is 16.5. The molecule has 0 radical (unpaired) electrons. The zero-order chi connectivity index (χ0) is 19.5. The molecule has 0 aliphatic carbocycles. The van der Waals surface area contributed by atoms with E-state index in [1.807, 2.05) is 0 Å². The van der Waals surface area contributed by atoms with Crippen LogP contribution in [0.2, 0.25) is 0 Å². The normalized spacial score (nSPS) is 16.7. The Morgan fingerprint density at radius 1 is 1.22 bits per heavy atom. The Labute approximate surface area is 157 Å². The first-order valence-corrected chi connectivity index (χ1v) is 8.81. The number of nitrogens with one attached hydrogen (secondary N) is 3. The quantitative estimate of drug-likeness (QED) is 0.284. The van der Waals surface area contributed by atoms with Crippen LogP contribution in [0, 0.1) is 0 Å². The van der Waals surface area contributed by atoms with Crippen molar-refractivity contribution >= 4 is 23.5 Å². The molecule has 1 aromatic rings. The van der Waals surface area contributed by atoms with E-state index in [2.05, 4.69) is 20.9 Å². The van der Waals surface area contributed by atoms with Gasteiger partial charge in [0.25, 0.3) is 5.91 Å². The average Bonchev–Trinajstić information content (AvgIpc) is 2.66. The van der Waals surface area contributed by atoms with E-state index < -0.39 is 17.9 Å². The van der Waals surface area contributed by atoms with E-state index in [4.69, 9.17) is 15.2 Å². The molecule has 1 saturated heterocycles. The average molecular weight is 379 g/mol. The molecule has 2 rings (SSSR count). The van der Waals surface area contributed by atoms with Crippen LogP contribution < -0.4 is 21.7 Å². The number of hydrogen-bond acceptors (Lipinski definition) is 8. The Balaban J connectivity index is 1.73. The molecule has 5 N–H and O–H groups in total. The van der Waals surface area contributed by atoms with Crippen molar-refractivity contribution in [3.8, 4) is 0 Å². The molecule has 1 aliphatic rings. The van der Waals surface area contributed by atoms with E-state index in [1.165, 1.54) is 0 Å². The topological polar surface area (TPSA) is 145 Å². The monoisotopic (exact) mass is 379 g/mol. The molecule has 2 heterocycles. The second kappa shape index (κ2) is 11.2. The summed E-state index contributed by atoms with van der Waals surface area (Å²) in [6.07, 6.45) is 0.476. The summed E-state index contributed by atoms with van der Waals surface area (Å²) in [4.78, 5) is 39.4. The zero-order valence-corrected chi connectivity index (χ0v) is 15.0. The molecule has 148 valence electrons. The molecule has 27 heavy (non-hydrogen) atoms. The maximum absolute atomic E-state index is 12.3. The lowest BCUT2D eigenvalue weighted by molar-refractivity contribution is -0.134. The van der Waals surface area contributed by atoms with Crippen LogP contribution in [-0.4, -0.2) is 68.3 Å². The van der Waals surface area contributed by atoms with Crippen LogP contribution in [0.25, 0.3) is 0 Å². The van der Waals surface area contributed by atoms with E-state index in [-0.39, 0.29) is 24.4 Å². The summed E-state index contributed by atoms with van der Waals surface area (Å²) < 4.78 is 10.6. The van der Waals surface area contributed by atoms with Crippen molar-refractivity contribution in [3.63, 3.8) is 0 Å². The molecule has 0 aromatic carbocycles. The van der Waals surface area contributed by atoms with Gasteiger partial charge in [0.1, 0.15) is 17.6 Å². The van der Waals surface area contributed by atoms with E-state index >= 15 is 0 Å². The SMILES string of the molecule is NCCOCCOCCNc1cccc(C(=O)NC2CCC(=O)NC2=O)n1. The largest absolute Gasteiger partial charge is 0.378 e. The Kier molecular flexibility index (Phi) is 8.62. The number of imide groups is 1. The molecule has 1 unspecified atom stereocenters. The van der Waals surface area contributed by atoms with E-state index in [9.17, 15) is 14.4 Å². The molecule has 0 spiro atoms. The van der Waals surface area contributed by atoms with Crippen molar-refractivity contribution in [1.82, 2.24) is 15.6 Å². The van der Waals surface area contributed by atoms with Gasteiger partial charge in [0, 0.05) is 19.5 Å². The number of rotatable bonds is 11. The van der Waals surface area contributed by atoms with Crippen LogP contribution in [0.1, 0.15) is 23.3 Å². The number of amides is 3. The van der Waals surface area contributed by atoms with Crippen molar-refractivity contribution in [2.45, 2.75) is 18.9 Å². The van der Waals surface area contributed by atoms with Gasteiger partial charge in [-0.15, -0.1) is 0 Å². The summed E-state index contributed by atoms with van der Waals surface area (Å²) in [5.41, 5.74) is 5.49. The molecule has 0 saturated carbocycles. The van der Waals surface area contributed by atoms with Crippen LogP contribution in [0.15, 0.2) is 18.2 Å². The third-order valence-electron chi connectivity index (χ3n) is 3.71. The van der Waals surface area contributed by atoms with Crippen LogP contribution in [-0.2, 0) is 19.1 Å². The van der Waals surface area contributed by atoms with Gasteiger partial charge >= 0.3 is 0 Å². The van der Waals surface area contributed by atoms with Crippen LogP contribution >= 0.6 is 0 Å². The van der Waals surface area contributed by atoms with Gasteiger partial charge < -0.3 is 25.8 Å². The van der Waals surface area contributed by atoms with Crippen molar-refractivity contribution in [3.05, 3.63) is 23.9 Å². The van der Waals surface area contributed by atoms with Gasteiger partial charge in [0.15, 0.2) is 0 Å². The number of nitrogens with zero attached hydrogens (tertiary/aromatic N) is 1. The lowest BCUT2D eigenvalue weighted by Crippen LogP contribution is -2.52. The minimum absolute atomic E-state index is 0.181. The number of hydrogen-bond donors (Lipinski definition) is 4. The predicted molar refractivity (Wildman–Crippen MR) is 97.1 cm³/mol. The fourth-order valence-electron chi connectivity index (χ4n) is 2.38. The summed E-state index contributed by atoms with van der Waals surface area (Å²) in [7, 11) is 0. The number of anilines is 1. The van der Waals surface area contributed by atoms with Gasteiger partial charge in [0.05, 0.1) is 26.4 Å². The lowest BCUT2D eigenvalue weighted by Gasteiger charge is -2.21. The molecule has 1 atom stereocenters. The lowest BCUT2D eigenvalue weighted by atomic mass is 10.1. The standard InChI is InChI=1S/C17H25N5O5/c18-6-8-26-10-11-27-9-7-19-14-3-1-2-12(20-14)16(24)21-13-4-5-15(23)22-17(13)25/h1-3,13H,4-11,18H2,(H,19,20)(H,21,24)(H,22,23,25). The first-order valence-electron chi connectivity index (χ1n) is 8.81. The molecule has 1 aromatic heterocycles. The number of nitrogens with two attached hydrogens (primary N) is 1. The molecule has 3 amide bonds. The molecular weight excluding hydrogens is 354 g/mol. The molecule has 10 nitrogen and oxygen atoms in total. The highest BCUT2D eigenvalue weighted by molar-refractivity contribution is 6.03. The highest BCUT2D eigenvalue weighted by Gasteiger charge is 2.28. The molecular formula is C17H25N5O5. The van der Waals surface area contributed by atoms with Gasteiger partial charge in [-0.05, 0) is 18.6 Å².